The van der Waals surface area contributed by atoms with Gasteiger partial charge in [-0.05, 0) is 36.4 Å². The minimum atomic E-state index is -4.28. The Morgan fingerprint density at radius 2 is 1.59 bits per heavy atom. The van der Waals surface area contributed by atoms with Crippen LogP contribution in [0.25, 0.3) is 11.3 Å². The van der Waals surface area contributed by atoms with Gasteiger partial charge in [0.25, 0.3) is 10.0 Å². The molecule has 9 heteroatoms. The first-order valence-corrected chi connectivity index (χ1v) is 11.0. The number of aromatic nitrogens is 1. The predicted molar refractivity (Wildman–Crippen MR) is 97.3 cm³/mol. The van der Waals surface area contributed by atoms with E-state index in [2.05, 4.69) is 0 Å². The van der Waals surface area contributed by atoms with Crippen molar-refractivity contribution in [3.63, 3.8) is 0 Å². The predicted octanol–water partition coefficient (Wildman–Crippen LogP) is 2.75. The average Bonchev–Trinajstić information content (AvgIpc) is 3.06. The fraction of sp³-hybridized carbons (Fsp3) is 0.0556. The third-order valence-electron chi connectivity index (χ3n) is 3.88. The van der Waals surface area contributed by atoms with E-state index in [1.807, 2.05) is 0 Å². The Balaban J connectivity index is 2.26. The SMILES string of the molecule is CS(=O)(=O)c1cccc(S(=O)(=O)n2cc(C=O)cc2-c2ccccc2F)c1. The number of aldehydes is 1. The highest BCUT2D eigenvalue weighted by Crippen LogP contribution is 2.29. The molecular formula is C18H14FNO5S2. The molecule has 0 radical (unpaired) electrons. The molecule has 6 nitrogen and oxygen atoms in total. The van der Waals surface area contributed by atoms with Crippen LogP contribution >= 0.6 is 0 Å². The number of rotatable bonds is 5. The van der Waals surface area contributed by atoms with Crippen molar-refractivity contribution in [1.29, 1.82) is 0 Å². The van der Waals surface area contributed by atoms with Gasteiger partial charge >= 0.3 is 0 Å². The van der Waals surface area contributed by atoms with E-state index in [4.69, 9.17) is 0 Å². The van der Waals surface area contributed by atoms with Crippen molar-refractivity contribution < 1.29 is 26.0 Å². The van der Waals surface area contributed by atoms with Crippen LogP contribution in [-0.2, 0) is 19.9 Å². The Morgan fingerprint density at radius 1 is 0.926 bits per heavy atom. The summed E-state index contributed by atoms with van der Waals surface area (Å²) in [5.74, 6) is -0.658. The summed E-state index contributed by atoms with van der Waals surface area (Å²) in [6.07, 6.45) is 2.48. The highest BCUT2D eigenvalue weighted by molar-refractivity contribution is 7.91. The third kappa shape index (κ3) is 3.56. The van der Waals surface area contributed by atoms with Gasteiger partial charge in [0.15, 0.2) is 16.1 Å². The van der Waals surface area contributed by atoms with Crippen molar-refractivity contribution in [3.8, 4) is 11.3 Å². The molecule has 0 aliphatic carbocycles. The zero-order valence-electron chi connectivity index (χ0n) is 14.0. The molecule has 3 rings (SSSR count). The van der Waals surface area contributed by atoms with Crippen molar-refractivity contribution >= 4 is 26.1 Å². The van der Waals surface area contributed by atoms with E-state index in [9.17, 15) is 26.0 Å². The molecule has 0 spiro atoms. The summed E-state index contributed by atoms with van der Waals surface area (Å²) in [6.45, 7) is 0. The maximum absolute atomic E-state index is 14.2. The van der Waals surface area contributed by atoms with Crippen LogP contribution in [0.2, 0.25) is 0 Å². The lowest BCUT2D eigenvalue weighted by Gasteiger charge is -2.12. The molecule has 0 aliphatic heterocycles. The molecule has 0 N–H and O–H groups in total. The van der Waals surface area contributed by atoms with E-state index in [0.29, 0.717) is 6.29 Å². The second kappa shape index (κ2) is 6.75. The molecule has 140 valence electrons. The first-order valence-electron chi connectivity index (χ1n) is 7.63. The van der Waals surface area contributed by atoms with Gasteiger partial charge in [-0.3, -0.25) is 4.79 Å². The second-order valence-electron chi connectivity index (χ2n) is 5.80. The van der Waals surface area contributed by atoms with Gasteiger partial charge in [-0.2, -0.15) is 0 Å². The zero-order valence-corrected chi connectivity index (χ0v) is 15.7. The Bertz CT molecular complexity index is 1240. The number of nitrogens with zero attached hydrogens (tertiary/aromatic N) is 1. The molecule has 27 heavy (non-hydrogen) atoms. The highest BCUT2D eigenvalue weighted by atomic mass is 32.2. The molecule has 2 aromatic carbocycles. The maximum Gasteiger partial charge on any atom is 0.268 e. The average molecular weight is 407 g/mol. The first-order chi connectivity index (χ1) is 12.6. The van der Waals surface area contributed by atoms with Gasteiger partial charge in [0.2, 0.25) is 0 Å². The summed E-state index contributed by atoms with van der Waals surface area (Å²) in [5.41, 5.74) is -0.00972. The standard InChI is InChI=1S/C18H14FNO5S2/c1-26(22,23)14-5-4-6-15(10-14)27(24,25)20-11-13(12-21)9-18(20)16-7-2-3-8-17(16)19/h2-12H,1H3. The third-order valence-corrected chi connectivity index (χ3v) is 6.66. The summed E-state index contributed by atoms with van der Waals surface area (Å²) in [4.78, 5) is 10.7. The number of carbonyl (C=O) groups excluding carboxylic acids is 1. The molecule has 0 saturated heterocycles. The van der Waals surface area contributed by atoms with Crippen molar-refractivity contribution in [1.82, 2.24) is 3.97 Å². The van der Waals surface area contributed by atoms with Gasteiger partial charge in [0.05, 0.1) is 15.5 Å². The van der Waals surface area contributed by atoms with Crippen LogP contribution in [-0.4, -0.2) is 33.3 Å². The molecule has 0 atom stereocenters. The summed E-state index contributed by atoms with van der Waals surface area (Å²) in [5, 5.41) is 0. The van der Waals surface area contributed by atoms with E-state index in [0.717, 1.165) is 22.5 Å². The van der Waals surface area contributed by atoms with E-state index < -0.39 is 25.7 Å². The molecule has 3 aromatic rings. The number of halogens is 1. The Kier molecular flexibility index (Phi) is 4.75. The highest BCUT2D eigenvalue weighted by Gasteiger charge is 2.24. The van der Waals surface area contributed by atoms with Crippen molar-refractivity contribution in [2.24, 2.45) is 0 Å². The lowest BCUT2D eigenvalue weighted by molar-refractivity contribution is 0.112. The zero-order chi connectivity index (χ0) is 19.8. The minimum Gasteiger partial charge on any atom is -0.298 e. The van der Waals surface area contributed by atoms with E-state index in [1.54, 1.807) is 0 Å². The van der Waals surface area contributed by atoms with Gasteiger partial charge < -0.3 is 0 Å². The summed E-state index contributed by atoms with van der Waals surface area (Å²) >= 11 is 0. The Hall–Kier alpha value is -2.78. The molecule has 1 heterocycles. The van der Waals surface area contributed by atoms with Gasteiger partial charge in [-0.15, -0.1) is 0 Å². The molecule has 1 aromatic heterocycles. The van der Waals surface area contributed by atoms with E-state index in [-0.39, 0.29) is 26.6 Å². The number of hydrogen-bond donors (Lipinski definition) is 0. The number of carbonyl (C=O) groups is 1. The number of benzene rings is 2. The summed E-state index contributed by atoms with van der Waals surface area (Å²) in [6, 6.07) is 11.6. The Labute approximate surface area is 155 Å². The molecule has 0 fully saturated rings. The second-order valence-corrected chi connectivity index (χ2v) is 9.63. The molecule has 0 amide bonds. The van der Waals surface area contributed by atoms with Gasteiger partial charge in [-0.25, -0.2) is 25.2 Å². The fourth-order valence-corrected chi connectivity index (χ4v) is 4.74. The normalized spacial score (nSPS) is 12.1. The number of sulfone groups is 1. The largest absolute Gasteiger partial charge is 0.298 e. The molecule has 0 saturated carbocycles. The van der Waals surface area contributed by atoms with E-state index >= 15 is 0 Å². The fourth-order valence-electron chi connectivity index (χ4n) is 2.57. The first kappa shape index (κ1) is 19.0. The molecule has 0 unspecified atom stereocenters. The van der Waals surface area contributed by atoms with Crippen LogP contribution in [0.1, 0.15) is 10.4 Å². The van der Waals surface area contributed by atoms with Crippen LogP contribution in [0, 0.1) is 5.82 Å². The van der Waals surface area contributed by atoms with Crippen LogP contribution in [0.15, 0.2) is 70.6 Å². The van der Waals surface area contributed by atoms with Crippen LogP contribution in [0.3, 0.4) is 0 Å². The maximum atomic E-state index is 14.2. The molecule has 0 aliphatic rings. The monoisotopic (exact) mass is 407 g/mol. The van der Waals surface area contributed by atoms with E-state index in [1.165, 1.54) is 48.5 Å². The quantitative estimate of drug-likeness (QED) is 0.607. The van der Waals surface area contributed by atoms with Crippen molar-refractivity contribution in [2.75, 3.05) is 6.26 Å². The van der Waals surface area contributed by atoms with Gasteiger partial charge in [0, 0.05) is 23.6 Å². The van der Waals surface area contributed by atoms with Gasteiger partial charge in [0.1, 0.15) is 5.82 Å². The minimum absolute atomic E-state index is 0.00607. The molecule has 0 bridgehead atoms. The topological polar surface area (TPSA) is 90.3 Å². The van der Waals surface area contributed by atoms with Gasteiger partial charge in [-0.1, -0.05) is 18.2 Å². The van der Waals surface area contributed by atoms with Crippen LogP contribution in [0.5, 0.6) is 0 Å². The lowest BCUT2D eigenvalue weighted by Crippen LogP contribution is -2.14. The number of hydrogen-bond acceptors (Lipinski definition) is 5. The lowest BCUT2D eigenvalue weighted by atomic mass is 10.1. The smallest absolute Gasteiger partial charge is 0.268 e. The van der Waals surface area contributed by atoms with Crippen LogP contribution < -0.4 is 0 Å². The van der Waals surface area contributed by atoms with Crippen molar-refractivity contribution in [2.45, 2.75) is 9.79 Å². The van der Waals surface area contributed by atoms with Crippen LogP contribution in [0.4, 0.5) is 4.39 Å². The molecular weight excluding hydrogens is 393 g/mol. The Morgan fingerprint density at radius 3 is 2.22 bits per heavy atom. The summed E-state index contributed by atoms with van der Waals surface area (Å²) < 4.78 is 64.6. The summed E-state index contributed by atoms with van der Waals surface area (Å²) in [7, 11) is -7.91. The van der Waals surface area contributed by atoms with Crippen molar-refractivity contribution in [3.05, 3.63) is 72.2 Å².